The van der Waals surface area contributed by atoms with Crippen molar-refractivity contribution in [3.8, 4) is 5.69 Å². The van der Waals surface area contributed by atoms with Crippen molar-refractivity contribution in [2.45, 2.75) is 12.8 Å². The lowest BCUT2D eigenvalue weighted by molar-refractivity contribution is -0.121. The minimum atomic E-state index is -0.410. The highest BCUT2D eigenvalue weighted by molar-refractivity contribution is 7.13. The van der Waals surface area contributed by atoms with Crippen LogP contribution in [0.25, 0.3) is 5.69 Å². The van der Waals surface area contributed by atoms with Crippen LogP contribution in [-0.2, 0) is 4.79 Å². The second-order valence-electron chi connectivity index (χ2n) is 6.40. The topological polar surface area (TPSA) is 93.0 Å². The van der Waals surface area contributed by atoms with Crippen molar-refractivity contribution in [1.82, 2.24) is 24.9 Å². The molecule has 2 aromatic heterocycles. The summed E-state index contributed by atoms with van der Waals surface area (Å²) in [7, 11) is 0. The Bertz CT molecular complexity index is 982. The Morgan fingerprint density at radius 1 is 1.18 bits per heavy atom. The van der Waals surface area contributed by atoms with Crippen LogP contribution in [0.1, 0.15) is 23.3 Å². The van der Waals surface area contributed by atoms with Gasteiger partial charge in [0.25, 0.3) is 5.91 Å². The third-order valence-corrected chi connectivity index (χ3v) is 5.26. The third kappa shape index (κ3) is 3.77. The van der Waals surface area contributed by atoms with E-state index in [9.17, 15) is 14.0 Å². The summed E-state index contributed by atoms with van der Waals surface area (Å²) in [5.74, 6) is -0.915. The van der Waals surface area contributed by atoms with Gasteiger partial charge in [-0.2, -0.15) is 5.10 Å². The Labute approximate surface area is 164 Å². The Morgan fingerprint density at radius 3 is 2.68 bits per heavy atom. The monoisotopic (exact) mass is 400 g/mol. The van der Waals surface area contributed by atoms with Gasteiger partial charge in [-0.05, 0) is 31.0 Å². The molecule has 1 fully saturated rings. The van der Waals surface area contributed by atoms with Crippen LogP contribution in [0.15, 0.2) is 42.0 Å². The minimum Gasteiger partial charge on any atom is -0.337 e. The van der Waals surface area contributed by atoms with Crippen molar-refractivity contribution in [3.63, 3.8) is 0 Å². The summed E-state index contributed by atoms with van der Waals surface area (Å²) < 4.78 is 15.2. The van der Waals surface area contributed by atoms with E-state index in [0.717, 1.165) is 0 Å². The molecular formula is C18H17FN6O2S. The molecular weight excluding hydrogens is 383 g/mol. The van der Waals surface area contributed by atoms with E-state index >= 15 is 0 Å². The molecule has 1 aliphatic rings. The lowest BCUT2D eigenvalue weighted by Crippen LogP contribution is -2.41. The number of para-hydroxylation sites is 1. The molecule has 0 saturated carbocycles. The van der Waals surface area contributed by atoms with E-state index in [0.29, 0.717) is 31.1 Å². The van der Waals surface area contributed by atoms with Crippen molar-refractivity contribution in [3.05, 3.63) is 53.6 Å². The molecule has 3 heterocycles. The zero-order chi connectivity index (χ0) is 19.5. The molecule has 8 nitrogen and oxygen atoms in total. The van der Waals surface area contributed by atoms with Crippen LogP contribution in [0.4, 0.5) is 9.52 Å². The standard InChI is InChI=1S/C18H17FN6O2S/c19-13-3-1-2-4-15(13)25-10-7-14(23-25)17(27)24-8-5-12(6-9-24)16(26)21-18-22-20-11-28-18/h1-4,7,10-12H,5-6,8-9H2,(H,21,22,26). The maximum atomic E-state index is 13.9. The fraction of sp³-hybridized carbons (Fsp3) is 0.278. The molecule has 1 N–H and O–H groups in total. The number of benzene rings is 1. The number of halogens is 1. The number of rotatable bonds is 4. The van der Waals surface area contributed by atoms with Crippen LogP contribution in [0.2, 0.25) is 0 Å². The lowest BCUT2D eigenvalue weighted by atomic mass is 9.96. The third-order valence-electron chi connectivity index (χ3n) is 4.65. The maximum Gasteiger partial charge on any atom is 0.274 e. The van der Waals surface area contributed by atoms with Crippen molar-refractivity contribution in [2.75, 3.05) is 18.4 Å². The molecule has 10 heteroatoms. The van der Waals surface area contributed by atoms with E-state index in [1.165, 1.54) is 22.1 Å². The first kappa shape index (κ1) is 18.2. The summed E-state index contributed by atoms with van der Waals surface area (Å²) in [6, 6.07) is 7.82. The first-order valence-corrected chi connectivity index (χ1v) is 9.66. The largest absolute Gasteiger partial charge is 0.337 e. The van der Waals surface area contributed by atoms with Gasteiger partial charge in [0.1, 0.15) is 17.0 Å². The fourth-order valence-corrected chi connectivity index (χ4v) is 3.60. The molecule has 0 atom stereocenters. The molecule has 144 valence electrons. The van der Waals surface area contributed by atoms with E-state index in [1.54, 1.807) is 40.9 Å². The Hall–Kier alpha value is -3.14. The molecule has 3 aromatic rings. The molecule has 0 bridgehead atoms. The van der Waals surface area contributed by atoms with Gasteiger partial charge in [-0.25, -0.2) is 9.07 Å². The summed E-state index contributed by atoms with van der Waals surface area (Å²) in [6.07, 6.45) is 2.68. The molecule has 28 heavy (non-hydrogen) atoms. The summed E-state index contributed by atoms with van der Waals surface area (Å²) in [6.45, 7) is 0.916. The SMILES string of the molecule is O=C(Nc1nncs1)C1CCN(C(=O)c2ccn(-c3ccccc3F)n2)CC1. The number of nitrogens with one attached hydrogen (secondary N) is 1. The van der Waals surface area contributed by atoms with Gasteiger partial charge in [0.2, 0.25) is 11.0 Å². The van der Waals surface area contributed by atoms with Gasteiger partial charge >= 0.3 is 0 Å². The van der Waals surface area contributed by atoms with Crippen LogP contribution < -0.4 is 5.32 Å². The van der Waals surface area contributed by atoms with Gasteiger partial charge in [0, 0.05) is 25.2 Å². The predicted octanol–water partition coefficient (Wildman–Crippen LogP) is 2.35. The highest BCUT2D eigenvalue weighted by Gasteiger charge is 2.29. The van der Waals surface area contributed by atoms with Crippen molar-refractivity contribution in [2.24, 2.45) is 5.92 Å². The Balaban J connectivity index is 1.37. The molecule has 1 aliphatic heterocycles. The van der Waals surface area contributed by atoms with E-state index in [4.69, 9.17) is 0 Å². The average molecular weight is 400 g/mol. The maximum absolute atomic E-state index is 13.9. The van der Waals surface area contributed by atoms with Gasteiger partial charge in [0.05, 0.1) is 0 Å². The molecule has 4 rings (SSSR count). The second-order valence-corrected chi connectivity index (χ2v) is 7.23. The van der Waals surface area contributed by atoms with Crippen LogP contribution >= 0.6 is 11.3 Å². The molecule has 1 saturated heterocycles. The summed E-state index contributed by atoms with van der Waals surface area (Å²) >= 11 is 1.26. The van der Waals surface area contributed by atoms with E-state index in [-0.39, 0.29) is 29.1 Å². The number of carbonyl (C=O) groups excluding carboxylic acids is 2. The van der Waals surface area contributed by atoms with Crippen LogP contribution in [0, 0.1) is 11.7 Å². The quantitative estimate of drug-likeness (QED) is 0.726. The smallest absolute Gasteiger partial charge is 0.274 e. The first-order chi connectivity index (χ1) is 13.6. The number of carbonyl (C=O) groups is 2. The molecule has 0 spiro atoms. The number of piperidine rings is 1. The molecule has 0 aliphatic carbocycles. The van der Waals surface area contributed by atoms with Crippen LogP contribution in [0.3, 0.4) is 0 Å². The summed E-state index contributed by atoms with van der Waals surface area (Å²) in [4.78, 5) is 26.6. The molecule has 0 radical (unpaired) electrons. The first-order valence-electron chi connectivity index (χ1n) is 8.78. The number of likely N-dealkylation sites (tertiary alicyclic amines) is 1. The van der Waals surface area contributed by atoms with Crippen molar-refractivity contribution < 1.29 is 14.0 Å². The minimum absolute atomic E-state index is 0.104. The Kier molecular flexibility index (Phi) is 5.11. The predicted molar refractivity (Wildman–Crippen MR) is 101 cm³/mol. The molecule has 1 aromatic carbocycles. The zero-order valence-corrected chi connectivity index (χ0v) is 15.6. The van der Waals surface area contributed by atoms with Crippen LogP contribution in [0.5, 0.6) is 0 Å². The summed E-state index contributed by atoms with van der Waals surface area (Å²) in [5.41, 5.74) is 2.09. The number of nitrogens with zero attached hydrogens (tertiary/aromatic N) is 5. The summed E-state index contributed by atoms with van der Waals surface area (Å²) in [5, 5.41) is 14.9. The van der Waals surface area contributed by atoms with E-state index < -0.39 is 5.82 Å². The second kappa shape index (κ2) is 7.85. The highest BCUT2D eigenvalue weighted by Crippen LogP contribution is 2.21. The zero-order valence-electron chi connectivity index (χ0n) is 14.8. The number of amides is 2. The van der Waals surface area contributed by atoms with Crippen LogP contribution in [-0.4, -0.2) is 49.8 Å². The normalized spacial score (nSPS) is 14.8. The van der Waals surface area contributed by atoms with Crippen molar-refractivity contribution >= 4 is 28.3 Å². The van der Waals surface area contributed by atoms with Gasteiger partial charge in [-0.3, -0.25) is 9.59 Å². The molecule has 2 amide bonds. The van der Waals surface area contributed by atoms with E-state index in [2.05, 4.69) is 20.6 Å². The van der Waals surface area contributed by atoms with Gasteiger partial charge < -0.3 is 10.2 Å². The average Bonchev–Trinajstić information content (AvgIpc) is 3.40. The lowest BCUT2D eigenvalue weighted by Gasteiger charge is -2.30. The number of hydrogen-bond donors (Lipinski definition) is 1. The fourth-order valence-electron chi connectivity index (χ4n) is 3.15. The highest BCUT2D eigenvalue weighted by atomic mass is 32.1. The van der Waals surface area contributed by atoms with Gasteiger partial charge in [-0.15, -0.1) is 10.2 Å². The van der Waals surface area contributed by atoms with Gasteiger partial charge in [0.15, 0.2) is 5.69 Å². The Morgan fingerprint density at radius 2 is 1.96 bits per heavy atom. The number of hydrogen-bond acceptors (Lipinski definition) is 6. The van der Waals surface area contributed by atoms with Crippen molar-refractivity contribution in [1.29, 1.82) is 0 Å². The number of aromatic nitrogens is 4. The van der Waals surface area contributed by atoms with E-state index in [1.807, 2.05) is 0 Å². The van der Waals surface area contributed by atoms with Gasteiger partial charge in [-0.1, -0.05) is 23.5 Å². The molecule has 0 unspecified atom stereocenters. The number of anilines is 1.